The van der Waals surface area contributed by atoms with Crippen molar-refractivity contribution in [1.82, 2.24) is 5.32 Å². The van der Waals surface area contributed by atoms with Gasteiger partial charge in [-0.2, -0.15) is 0 Å². The van der Waals surface area contributed by atoms with Crippen LogP contribution in [0.5, 0.6) is 11.5 Å². The van der Waals surface area contributed by atoms with E-state index in [4.69, 9.17) is 21.1 Å². The molecule has 2 aromatic rings. The quantitative estimate of drug-likeness (QED) is 0.553. The van der Waals surface area contributed by atoms with Crippen LogP contribution in [0, 0.1) is 5.82 Å². The predicted octanol–water partition coefficient (Wildman–Crippen LogP) is 3.01. The van der Waals surface area contributed by atoms with Gasteiger partial charge >= 0.3 is 0 Å². The smallest absolute Gasteiger partial charge is 0.240 e. The lowest BCUT2D eigenvalue weighted by Gasteiger charge is -2.22. The van der Waals surface area contributed by atoms with Crippen molar-refractivity contribution >= 4 is 33.2 Å². The van der Waals surface area contributed by atoms with Crippen LogP contribution in [0.2, 0.25) is 5.02 Å². The van der Waals surface area contributed by atoms with Crippen molar-refractivity contribution in [2.75, 3.05) is 37.9 Å². The van der Waals surface area contributed by atoms with Crippen molar-refractivity contribution in [1.29, 1.82) is 0 Å². The molecule has 1 N–H and O–H groups in total. The van der Waals surface area contributed by atoms with Gasteiger partial charge in [0.2, 0.25) is 15.9 Å². The van der Waals surface area contributed by atoms with Crippen LogP contribution >= 0.6 is 11.6 Å². The normalized spacial score (nSPS) is 11.1. The maximum absolute atomic E-state index is 13.4. The zero-order valence-corrected chi connectivity index (χ0v) is 18.5. The second-order valence-electron chi connectivity index (χ2n) is 6.51. The number of sulfonamides is 1. The topological polar surface area (TPSA) is 84.9 Å². The van der Waals surface area contributed by atoms with Crippen molar-refractivity contribution in [3.63, 3.8) is 0 Å². The number of methoxy groups -OCH3 is 2. The number of anilines is 1. The Morgan fingerprint density at radius 1 is 1.13 bits per heavy atom. The van der Waals surface area contributed by atoms with Crippen molar-refractivity contribution in [3.05, 3.63) is 52.8 Å². The van der Waals surface area contributed by atoms with E-state index in [-0.39, 0.29) is 10.7 Å². The van der Waals surface area contributed by atoms with Crippen LogP contribution < -0.4 is 19.1 Å². The molecule has 0 fully saturated rings. The molecule has 0 heterocycles. The zero-order valence-electron chi connectivity index (χ0n) is 16.9. The summed E-state index contributed by atoms with van der Waals surface area (Å²) in [5, 5.41) is 2.47. The first-order valence-electron chi connectivity index (χ1n) is 9.06. The molecule has 0 spiro atoms. The summed E-state index contributed by atoms with van der Waals surface area (Å²) in [5.74, 6) is 0.110. The van der Waals surface area contributed by atoms with Crippen LogP contribution in [0.15, 0.2) is 36.4 Å². The van der Waals surface area contributed by atoms with E-state index in [0.717, 1.165) is 22.2 Å². The maximum Gasteiger partial charge on any atom is 0.240 e. The van der Waals surface area contributed by atoms with E-state index in [1.165, 1.54) is 12.1 Å². The highest BCUT2D eigenvalue weighted by Crippen LogP contribution is 2.28. The van der Waals surface area contributed by atoms with Gasteiger partial charge in [-0.3, -0.25) is 9.10 Å². The van der Waals surface area contributed by atoms with Crippen LogP contribution in [-0.2, 0) is 21.2 Å². The lowest BCUT2D eigenvalue weighted by atomic mass is 10.1. The van der Waals surface area contributed by atoms with Crippen molar-refractivity contribution in [2.45, 2.75) is 12.8 Å². The molecule has 10 heteroatoms. The van der Waals surface area contributed by atoms with E-state index in [9.17, 15) is 17.6 Å². The Bertz CT molecular complexity index is 1000. The first-order valence-corrected chi connectivity index (χ1v) is 11.3. The number of nitrogens with one attached hydrogen (secondary N) is 1. The Hall–Kier alpha value is -2.52. The molecule has 2 rings (SSSR count). The predicted molar refractivity (Wildman–Crippen MR) is 114 cm³/mol. The molecule has 30 heavy (non-hydrogen) atoms. The minimum absolute atomic E-state index is 0.115. The van der Waals surface area contributed by atoms with E-state index in [0.29, 0.717) is 30.9 Å². The van der Waals surface area contributed by atoms with Gasteiger partial charge in [0, 0.05) is 6.54 Å². The molecule has 7 nitrogen and oxygen atoms in total. The van der Waals surface area contributed by atoms with Crippen LogP contribution in [0.4, 0.5) is 10.1 Å². The number of benzene rings is 2. The number of amides is 1. The Kier molecular flexibility index (Phi) is 8.31. The van der Waals surface area contributed by atoms with Crippen LogP contribution in [-0.4, -0.2) is 47.9 Å². The molecule has 2 aromatic carbocycles. The monoisotopic (exact) mass is 458 g/mol. The van der Waals surface area contributed by atoms with E-state index < -0.39 is 28.3 Å². The van der Waals surface area contributed by atoms with Gasteiger partial charge in [0.1, 0.15) is 12.4 Å². The highest BCUT2D eigenvalue weighted by molar-refractivity contribution is 7.92. The van der Waals surface area contributed by atoms with E-state index in [1.807, 2.05) is 18.2 Å². The third kappa shape index (κ3) is 6.50. The minimum Gasteiger partial charge on any atom is -0.493 e. The molecule has 0 aromatic heterocycles. The molecule has 0 aliphatic heterocycles. The molecular formula is C20H24ClFN2O5S. The molecule has 164 valence electrons. The third-order valence-corrected chi connectivity index (χ3v) is 5.72. The average molecular weight is 459 g/mol. The minimum atomic E-state index is -3.76. The van der Waals surface area contributed by atoms with E-state index >= 15 is 0 Å². The number of carbonyl (C=O) groups is 1. The van der Waals surface area contributed by atoms with Gasteiger partial charge in [0.25, 0.3) is 0 Å². The number of ether oxygens (including phenoxy) is 2. The van der Waals surface area contributed by atoms with Gasteiger partial charge in [-0.15, -0.1) is 0 Å². The molecule has 0 aliphatic rings. The van der Waals surface area contributed by atoms with E-state index in [1.54, 1.807) is 14.2 Å². The molecule has 0 saturated carbocycles. The Morgan fingerprint density at radius 3 is 2.43 bits per heavy atom. The number of halogens is 2. The first kappa shape index (κ1) is 23.8. The largest absolute Gasteiger partial charge is 0.493 e. The van der Waals surface area contributed by atoms with Crippen molar-refractivity contribution in [2.24, 2.45) is 0 Å². The van der Waals surface area contributed by atoms with Crippen molar-refractivity contribution < 1.29 is 27.1 Å². The van der Waals surface area contributed by atoms with Gasteiger partial charge in [-0.1, -0.05) is 17.7 Å². The highest BCUT2D eigenvalue weighted by Gasteiger charge is 2.21. The summed E-state index contributed by atoms with van der Waals surface area (Å²) >= 11 is 5.73. The highest BCUT2D eigenvalue weighted by atomic mass is 35.5. The van der Waals surface area contributed by atoms with Crippen LogP contribution in [0.3, 0.4) is 0 Å². The number of aryl methyl sites for hydroxylation is 1. The standard InChI is InChI=1S/C20H24ClFN2O5S/c1-28-18-9-6-14(11-19(18)29-2)5-4-10-23-20(25)13-24(30(3,26)27)15-7-8-17(22)16(21)12-15/h6-9,11-12H,4-5,10,13H2,1-3H3,(H,23,25). The summed E-state index contributed by atoms with van der Waals surface area (Å²) in [6.07, 6.45) is 2.29. The molecule has 0 bridgehead atoms. The summed E-state index contributed by atoms with van der Waals surface area (Å²) in [7, 11) is -0.643. The van der Waals surface area contributed by atoms with Crippen LogP contribution in [0.1, 0.15) is 12.0 Å². The zero-order chi connectivity index (χ0) is 22.3. The number of nitrogens with zero attached hydrogens (tertiary/aromatic N) is 1. The summed E-state index contributed by atoms with van der Waals surface area (Å²) in [5.41, 5.74) is 1.13. The number of carbonyl (C=O) groups excluding carboxylic acids is 1. The van der Waals surface area contributed by atoms with Crippen molar-refractivity contribution in [3.8, 4) is 11.5 Å². The fraction of sp³-hybridized carbons (Fsp3) is 0.350. The van der Waals surface area contributed by atoms with Crippen LogP contribution in [0.25, 0.3) is 0 Å². The Balaban J connectivity index is 1.92. The van der Waals surface area contributed by atoms with E-state index in [2.05, 4.69) is 5.32 Å². The number of rotatable bonds is 10. The number of hydrogen-bond donors (Lipinski definition) is 1. The SMILES string of the molecule is COc1ccc(CCCNC(=O)CN(c2ccc(F)c(Cl)c2)S(C)(=O)=O)cc1OC. The third-order valence-electron chi connectivity index (χ3n) is 4.29. The van der Waals surface area contributed by atoms with Gasteiger partial charge in [0.05, 0.1) is 31.2 Å². The molecule has 0 unspecified atom stereocenters. The lowest BCUT2D eigenvalue weighted by Crippen LogP contribution is -2.40. The Labute approximate surface area is 180 Å². The first-order chi connectivity index (χ1) is 14.2. The summed E-state index contributed by atoms with van der Waals surface area (Å²) < 4.78 is 48.9. The molecule has 0 radical (unpaired) electrons. The average Bonchev–Trinajstić information content (AvgIpc) is 2.70. The van der Waals surface area contributed by atoms with Gasteiger partial charge in [-0.25, -0.2) is 12.8 Å². The second kappa shape index (κ2) is 10.5. The maximum atomic E-state index is 13.4. The van der Waals surface area contributed by atoms with Gasteiger partial charge in [-0.05, 0) is 48.7 Å². The molecule has 0 aliphatic carbocycles. The molecule has 0 saturated heterocycles. The molecule has 1 amide bonds. The fourth-order valence-corrected chi connectivity index (χ4v) is 3.81. The number of hydrogen-bond acceptors (Lipinski definition) is 5. The lowest BCUT2D eigenvalue weighted by molar-refractivity contribution is -0.119. The fourth-order valence-electron chi connectivity index (χ4n) is 2.78. The summed E-state index contributed by atoms with van der Waals surface area (Å²) in [6, 6.07) is 9.06. The summed E-state index contributed by atoms with van der Waals surface area (Å²) in [6.45, 7) is -0.0773. The molecular weight excluding hydrogens is 435 g/mol. The second-order valence-corrected chi connectivity index (χ2v) is 8.82. The summed E-state index contributed by atoms with van der Waals surface area (Å²) in [4.78, 5) is 12.3. The molecule has 0 atom stereocenters. The van der Waals surface area contributed by atoms with Gasteiger partial charge < -0.3 is 14.8 Å². The Morgan fingerprint density at radius 2 is 1.83 bits per heavy atom. The van der Waals surface area contributed by atoms with Gasteiger partial charge in [0.15, 0.2) is 11.5 Å².